The van der Waals surface area contributed by atoms with Gasteiger partial charge in [0.2, 0.25) is 5.91 Å². The van der Waals surface area contributed by atoms with Gasteiger partial charge in [-0.1, -0.05) is 52.8 Å². The molecule has 0 spiro atoms. The summed E-state index contributed by atoms with van der Waals surface area (Å²) in [6.07, 6.45) is 10.9. The minimum absolute atomic E-state index is 0.0305. The molecule has 7 rings (SSSR count). The van der Waals surface area contributed by atoms with Crippen LogP contribution >= 0.6 is 0 Å². The van der Waals surface area contributed by atoms with Crippen molar-refractivity contribution in [1.82, 2.24) is 10.2 Å². The summed E-state index contributed by atoms with van der Waals surface area (Å²) in [5, 5.41) is 12.7. The zero-order valence-electron chi connectivity index (χ0n) is 32.6. The topological polar surface area (TPSA) is 104 Å². The lowest BCUT2D eigenvalue weighted by molar-refractivity contribution is -0.225. The van der Waals surface area contributed by atoms with Gasteiger partial charge in [0.1, 0.15) is 17.2 Å². The summed E-state index contributed by atoms with van der Waals surface area (Å²) in [5.74, 6) is -1.49. The van der Waals surface area contributed by atoms with Gasteiger partial charge in [-0.25, -0.2) is 22.0 Å². The third-order valence-corrected chi connectivity index (χ3v) is 18.4. The fourth-order valence-electron chi connectivity index (χ4n) is 14.0. The summed E-state index contributed by atoms with van der Waals surface area (Å²) in [5.41, 5.74) is 0.839. The van der Waals surface area contributed by atoms with Crippen molar-refractivity contribution in [2.75, 3.05) is 37.7 Å². The maximum absolute atomic E-state index is 15.0. The van der Waals surface area contributed by atoms with E-state index in [4.69, 9.17) is 0 Å². The van der Waals surface area contributed by atoms with E-state index >= 15 is 0 Å². The third kappa shape index (κ3) is 5.80. The SMILES string of the molecule is C=C(C)[C@@H]1CC[C@]2(C(=O)NCCN3CCS(=O)(=O)CC3)CC[C@]3(C)[C@H](CC[C@@H]4[C@@]5(C)CC=C(c6cc(F)c(C(=O)O)c(F)c6)C(C)(C)[C@@H]5CC[C@]43C)[C@@H]12. The Hall–Kier alpha value is -2.59. The number of hydrogen-bond donors (Lipinski definition) is 2. The smallest absolute Gasteiger partial charge is 0.341 e. The molecule has 10 heteroatoms. The van der Waals surface area contributed by atoms with E-state index in [0.717, 1.165) is 63.4 Å². The monoisotopic (exact) mass is 754 g/mol. The maximum atomic E-state index is 15.0. The quantitative estimate of drug-likeness (QED) is 0.273. The molecule has 0 unspecified atom stereocenters. The average Bonchev–Trinajstić information content (AvgIpc) is 3.46. The van der Waals surface area contributed by atoms with E-state index in [9.17, 15) is 31.9 Å². The van der Waals surface area contributed by atoms with Gasteiger partial charge in [-0.3, -0.25) is 9.69 Å². The molecule has 9 atom stereocenters. The van der Waals surface area contributed by atoms with Gasteiger partial charge in [0.15, 0.2) is 9.84 Å². The van der Waals surface area contributed by atoms with Crippen LogP contribution in [0.3, 0.4) is 0 Å². The maximum Gasteiger partial charge on any atom is 0.341 e. The van der Waals surface area contributed by atoms with Crippen LogP contribution in [-0.4, -0.2) is 68.0 Å². The molecule has 1 aromatic rings. The molecule has 1 amide bonds. The third-order valence-electron chi connectivity index (χ3n) is 16.8. The standard InChI is InChI=1S/C43H60F2N2O5S/c1-26(2)28-10-15-43(38(50)46-18-19-47-20-22-53(51,52)23-21-47)17-16-41(6)30(36(28)43)8-9-34-40(5)13-11-29(39(3,4)33(40)12-14-42(34,41)7)27-24-31(44)35(37(48)49)32(45)25-27/h11,24-25,28,30,33-34,36H,1,8-10,12-23H2,2-7H3,(H,46,50)(H,48,49)/t28-,30+,33-,34+,36+,40-,41+,42+,43-/m0/s1. The first-order chi connectivity index (χ1) is 24.7. The molecular formula is C43H60F2N2O5S. The molecule has 292 valence electrons. The highest BCUT2D eigenvalue weighted by Gasteiger charge is 2.71. The summed E-state index contributed by atoms with van der Waals surface area (Å²) in [4.78, 5) is 28.1. The van der Waals surface area contributed by atoms with Crippen LogP contribution in [0, 0.1) is 68.3 Å². The second kappa shape index (κ2) is 13.0. The van der Waals surface area contributed by atoms with Crippen molar-refractivity contribution in [3.8, 4) is 0 Å². The molecule has 1 saturated heterocycles. The molecular weight excluding hydrogens is 695 g/mol. The lowest BCUT2D eigenvalue weighted by Crippen LogP contribution is -2.66. The highest BCUT2D eigenvalue weighted by atomic mass is 32.2. The Balaban J connectivity index is 1.15. The van der Waals surface area contributed by atoms with E-state index in [1.165, 1.54) is 17.7 Å². The summed E-state index contributed by atoms with van der Waals surface area (Å²) >= 11 is 0. The Bertz CT molecular complexity index is 1820. The number of carbonyl (C=O) groups is 2. The first-order valence-corrected chi connectivity index (χ1v) is 21.8. The first-order valence-electron chi connectivity index (χ1n) is 20.0. The molecule has 5 fully saturated rings. The summed E-state index contributed by atoms with van der Waals surface area (Å²) in [7, 11) is -2.95. The summed E-state index contributed by atoms with van der Waals surface area (Å²) in [6.45, 7) is 20.8. The number of fused-ring (bicyclic) bond motifs is 7. The highest BCUT2D eigenvalue weighted by molar-refractivity contribution is 7.91. The summed E-state index contributed by atoms with van der Waals surface area (Å²) in [6, 6.07) is 2.40. The van der Waals surface area contributed by atoms with Crippen molar-refractivity contribution in [3.05, 3.63) is 53.1 Å². The average molecular weight is 755 g/mol. The largest absolute Gasteiger partial charge is 0.477 e. The van der Waals surface area contributed by atoms with Crippen molar-refractivity contribution < 1.29 is 31.9 Å². The van der Waals surface area contributed by atoms with Gasteiger partial charge >= 0.3 is 5.97 Å². The Morgan fingerprint density at radius 2 is 1.58 bits per heavy atom. The predicted molar refractivity (Wildman–Crippen MR) is 204 cm³/mol. The van der Waals surface area contributed by atoms with E-state index in [0.29, 0.717) is 49.5 Å². The number of halogens is 2. The van der Waals surface area contributed by atoms with Crippen LogP contribution in [0.5, 0.6) is 0 Å². The van der Waals surface area contributed by atoms with Gasteiger partial charge in [-0.15, -0.1) is 0 Å². The molecule has 53 heavy (non-hydrogen) atoms. The second-order valence-corrected chi connectivity index (χ2v) is 21.6. The molecule has 1 aromatic carbocycles. The molecule has 6 aliphatic rings. The zero-order chi connectivity index (χ0) is 38.5. The van der Waals surface area contributed by atoms with Crippen LogP contribution in [0.1, 0.15) is 115 Å². The van der Waals surface area contributed by atoms with Crippen LogP contribution < -0.4 is 5.32 Å². The van der Waals surface area contributed by atoms with Gasteiger partial charge in [-0.05, 0) is 139 Å². The number of aromatic carboxylic acids is 1. The number of carboxylic acid groups (broad SMARTS) is 1. The van der Waals surface area contributed by atoms with Crippen LogP contribution in [0.4, 0.5) is 8.78 Å². The zero-order valence-corrected chi connectivity index (χ0v) is 33.4. The molecule has 2 N–H and O–H groups in total. The second-order valence-electron chi connectivity index (χ2n) is 19.3. The normalized spacial score (nSPS) is 40.2. The number of allylic oxidation sites excluding steroid dienone is 3. The number of carbonyl (C=O) groups excluding carboxylic acids is 1. The van der Waals surface area contributed by atoms with Crippen molar-refractivity contribution in [2.24, 2.45) is 56.7 Å². The number of nitrogens with one attached hydrogen (secondary N) is 1. The van der Waals surface area contributed by atoms with Crippen LogP contribution in [0.25, 0.3) is 5.57 Å². The van der Waals surface area contributed by atoms with Gasteiger partial charge in [-0.2, -0.15) is 0 Å². The van der Waals surface area contributed by atoms with E-state index in [-0.39, 0.29) is 50.9 Å². The van der Waals surface area contributed by atoms with Gasteiger partial charge in [0.25, 0.3) is 0 Å². The number of amides is 1. The number of nitrogens with zero attached hydrogens (tertiary/aromatic N) is 1. The highest BCUT2D eigenvalue weighted by Crippen LogP contribution is 2.77. The first kappa shape index (κ1) is 38.7. The molecule has 7 nitrogen and oxygen atoms in total. The van der Waals surface area contributed by atoms with Crippen LogP contribution in [-0.2, 0) is 14.6 Å². The van der Waals surface area contributed by atoms with Crippen molar-refractivity contribution >= 4 is 27.3 Å². The summed E-state index contributed by atoms with van der Waals surface area (Å²) < 4.78 is 53.8. The fraction of sp³-hybridized carbons (Fsp3) is 0.721. The Morgan fingerprint density at radius 1 is 0.925 bits per heavy atom. The number of hydrogen-bond acceptors (Lipinski definition) is 5. The molecule has 4 saturated carbocycles. The predicted octanol–water partition coefficient (Wildman–Crippen LogP) is 8.16. The van der Waals surface area contributed by atoms with Crippen LogP contribution in [0.2, 0.25) is 0 Å². The van der Waals surface area contributed by atoms with Crippen molar-refractivity contribution in [1.29, 1.82) is 0 Å². The number of benzene rings is 1. The van der Waals surface area contributed by atoms with E-state index < -0.39 is 38.4 Å². The molecule has 0 radical (unpaired) electrons. The Morgan fingerprint density at radius 3 is 2.21 bits per heavy atom. The van der Waals surface area contributed by atoms with Crippen LogP contribution in [0.15, 0.2) is 30.4 Å². The van der Waals surface area contributed by atoms with Gasteiger partial charge < -0.3 is 10.4 Å². The van der Waals surface area contributed by atoms with Crippen molar-refractivity contribution in [3.63, 3.8) is 0 Å². The lowest BCUT2D eigenvalue weighted by atomic mass is 9.32. The van der Waals surface area contributed by atoms with Crippen molar-refractivity contribution in [2.45, 2.75) is 99.3 Å². The molecule has 1 heterocycles. The Labute approximate surface area is 315 Å². The minimum Gasteiger partial charge on any atom is -0.477 e. The van der Waals surface area contributed by atoms with E-state index in [1.807, 2.05) is 0 Å². The fourth-order valence-corrected chi connectivity index (χ4v) is 15.3. The van der Waals surface area contributed by atoms with Gasteiger partial charge in [0, 0.05) is 26.2 Å². The molecule has 1 aliphatic heterocycles. The van der Waals surface area contributed by atoms with Gasteiger partial charge in [0.05, 0.1) is 16.9 Å². The molecule has 5 aliphatic carbocycles. The minimum atomic E-state index is -2.95. The number of sulfone groups is 1. The molecule has 0 bridgehead atoms. The lowest BCUT2D eigenvalue weighted by Gasteiger charge is -2.72. The van der Waals surface area contributed by atoms with E-state index in [2.05, 4.69) is 64.4 Å². The van der Waals surface area contributed by atoms with E-state index in [1.54, 1.807) is 0 Å². The Kier molecular flexibility index (Phi) is 9.48. The number of carboxylic acids is 1. The number of rotatable bonds is 7. The molecule has 0 aromatic heterocycles.